The smallest absolute Gasteiger partial charge is 0.218 e. The third-order valence-corrected chi connectivity index (χ3v) is 7.19. The monoisotopic (exact) mass is 503 g/mol. The van der Waals surface area contributed by atoms with Gasteiger partial charge >= 0.3 is 0 Å². The summed E-state index contributed by atoms with van der Waals surface area (Å²) in [6, 6.07) is 20.6. The Morgan fingerprint density at radius 2 is 1.57 bits per heavy atom. The Labute approximate surface area is 213 Å². The SMILES string of the molecule is COc1ccc2nc(OC)c(CN(Cc3cccs3)Cc3cc4cc(C)ccc4nc3Cl)cc2c1. The number of fused-ring (bicyclic) bond motifs is 2. The molecule has 35 heavy (non-hydrogen) atoms. The maximum absolute atomic E-state index is 6.66. The van der Waals surface area contributed by atoms with Crippen LogP contribution < -0.4 is 9.47 Å². The molecule has 0 aliphatic rings. The Morgan fingerprint density at radius 3 is 2.34 bits per heavy atom. The van der Waals surface area contributed by atoms with Crippen molar-refractivity contribution in [1.29, 1.82) is 0 Å². The average molecular weight is 504 g/mol. The molecule has 0 amide bonds. The molecule has 0 radical (unpaired) electrons. The first kappa shape index (κ1) is 23.5. The summed E-state index contributed by atoms with van der Waals surface area (Å²) < 4.78 is 11.1. The standard InChI is InChI=1S/C28H26ClN3O2S/c1-18-6-8-25-19(11-18)12-21(27(29)30-25)15-32(17-24-5-4-10-35-24)16-22-13-20-14-23(33-2)7-9-26(20)31-28(22)34-3/h4-14H,15-17H2,1-3H3. The van der Waals surface area contributed by atoms with Crippen LogP contribution in [0.3, 0.4) is 0 Å². The lowest BCUT2D eigenvalue weighted by molar-refractivity contribution is 0.245. The second-order valence-electron chi connectivity index (χ2n) is 8.57. The van der Waals surface area contributed by atoms with E-state index in [0.717, 1.165) is 45.2 Å². The number of thiophene rings is 1. The van der Waals surface area contributed by atoms with Crippen molar-refractivity contribution in [3.63, 3.8) is 0 Å². The van der Waals surface area contributed by atoms with E-state index in [9.17, 15) is 0 Å². The second-order valence-corrected chi connectivity index (χ2v) is 9.96. The topological polar surface area (TPSA) is 47.5 Å². The van der Waals surface area contributed by atoms with Crippen LogP contribution in [0.25, 0.3) is 21.8 Å². The first-order valence-corrected chi connectivity index (χ1v) is 12.6. The van der Waals surface area contributed by atoms with Crippen LogP contribution in [0.5, 0.6) is 11.6 Å². The third kappa shape index (κ3) is 5.25. The van der Waals surface area contributed by atoms with Gasteiger partial charge in [-0.05, 0) is 60.8 Å². The lowest BCUT2D eigenvalue weighted by Crippen LogP contribution is -2.23. The van der Waals surface area contributed by atoms with E-state index in [1.54, 1.807) is 25.6 Å². The first-order chi connectivity index (χ1) is 17.0. The molecule has 2 aromatic carbocycles. The quantitative estimate of drug-likeness (QED) is 0.213. The van der Waals surface area contributed by atoms with Crippen molar-refractivity contribution in [2.45, 2.75) is 26.6 Å². The largest absolute Gasteiger partial charge is 0.497 e. The summed E-state index contributed by atoms with van der Waals surface area (Å²) in [5.41, 5.74) is 4.98. The van der Waals surface area contributed by atoms with Gasteiger partial charge in [-0.15, -0.1) is 11.3 Å². The van der Waals surface area contributed by atoms with Gasteiger partial charge in [-0.3, -0.25) is 4.90 Å². The number of pyridine rings is 2. The predicted molar refractivity (Wildman–Crippen MR) is 144 cm³/mol. The number of halogens is 1. The van der Waals surface area contributed by atoms with Gasteiger partial charge in [0, 0.05) is 46.4 Å². The molecule has 0 atom stereocenters. The van der Waals surface area contributed by atoms with Crippen LogP contribution in [0.4, 0.5) is 0 Å². The molecule has 0 saturated carbocycles. The van der Waals surface area contributed by atoms with Gasteiger partial charge < -0.3 is 9.47 Å². The summed E-state index contributed by atoms with van der Waals surface area (Å²) in [6.45, 7) is 4.15. The number of nitrogens with zero attached hydrogens (tertiary/aromatic N) is 3. The number of ether oxygens (including phenoxy) is 2. The molecule has 5 aromatic rings. The summed E-state index contributed by atoms with van der Waals surface area (Å²) >= 11 is 8.40. The molecule has 0 spiro atoms. The van der Waals surface area contributed by atoms with Crippen molar-refractivity contribution in [2.24, 2.45) is 0 Å². The normalized spacial score (nSPS) is 11.5. The van der Waals surface area contributed by atoms with Crippen LogP contribution in [0, 0.1) is 6.92 Å². The molecular weight excluding hydrogens is 478 g/mol. The number of methoxy groups -OCH3 is 2. The van der Waals surface area contributed by atoms with Gasteiger partial charge in [0.15, 0.2) is 0 Å². The highest BCUT2D eigenvalue weighted by Gasteiger charge is 2.17. The van der Waals surface area contributed by atoms with Crippen LogP contribution in [0.2, 0.25) is 5.15 Å². The highest BCUT2D eigenvalue weighted by Crippen LogP contribution is 2.29. The molecule has 5 nitrogen and oxygen atoms in total. The second kappa shape index (κ2) is 10.2. The van der Waals surface area contributed by atoms with Crippen molar-refractivity contribution in [3.05, 3.63) is 92.8 Å². The molecule has 0 unspecified atom stereocenters. The number of aromatic nitrogens is 2. The summed E-state index contributed by atoms with van der Waals surface area (Å²) in [5.74, 6) is 1.42. The molecule has 178 valence electrons. The zero-order valence-corrected chi connectivity index (χ0v) is 21.5. The van der Waals surface area contributed by atoms with E-state index in [1.165, 1.54) is 10.4 Å². The van der Waals surface area contributed by atoms with Crippen molar-refractivity contribution >= 4 is 44.7 Å². The van der Waals surface area contributed by atoms with Gasteiger partial charge in [-0.2, -0.15) is 0 Å². The zero-order valence-electron chi connectivity index (χ0n) is 19.9. The van der Waals surface area contributed by atoms with Crippen LogP contribution in [-0.2, 0) is 19.6 Å². The average Bonchev–Trinajstić information content (AvgIpc) is 3.37. The Morgan fingerprint density at radius 1 is 0.829 bits per heavy atom. The summed E-state index contributed by atoms with van der Waals surface area (Å²) in [6.07, 6.45) is 0. The van der Waals surface area contributed by atoms with Gasteiger partial charge in [0.1, 0.15) is 10.9 Å². The van der Waals surface area contributed by atoms with Crippen molar-refractivity contribution < 1.29 is 9.47 Å². The van der Waals surface area contributed by atoms with Gasteiger partial charge in [-0.1, -0.05) is 29.3 Å². The molecule has 3 aromatic heterocycles. The molecule has 0 fully saturated rings. The van der Waals surface area contributed by atoms with Gasteiger partial charge in [0.2, 0.25) is 5.88 Å². The maximum Gasteiger partial charge on any atom is 0.218 e. The summed E-state index contributed by atoms with van der Waals surface area (Å²) in [5, 5.41) is 4.74. The minimum absolute atomic E-state index is 0.533. The molecule has 7 heteroatoms. The third-order valence-electron chi connectivity index (χ3n) is 6.00. The molecule has 0 aliphatic carbocycles. The minimum Gasteiger partial charge on any atom is -0.497 e. The lowest BCUT2D eigenvalue weighted by atomic mass is 10.1. The van der Waals surface area contributed by atoms with Crippen molar-refractivity contribution in [1.82, 2.24) is 14.9 Å². The van der Waals surface area contributed by atoms with Crippen LogP contribution in [0.15, 0.2) is 66.0 Å². The fourth-order valence-corrected chi connectivity index (χ4v) is 5.25. The maximum atomic E-state index is 6.66. The molecule has 0 bridgehead atoms. The fraction of sp³-hybridized carbons (Fsp3) is 0.214. The van der Waals surface area contributed by atoms with E-state index in [0.29, 0.717) is 24.1 Å². The van der Waals surface area contributed by atoms with Crippen LogP contribution in [-0.4, -0.2) is 29.1 Å². The van der Waals surface area contributed by atoms with Crippen LogP contribution in [0.1, 0.15) is 21.6 Å². The lowest BCUT2D eigenvalue weighted by Gasteiger charge is -2.23. The zero-order chi connectivity index (χ0) is 24.4. The molecule has 5 rings (SSSR count). The number of hydrogen-bond acceptors (Lipinski definition) is 6. The Kier molecular flexibility index (Phi) is 6.86. The van der Waals surface area contributed by atoms with E-state index >= 15 is 0 Å². The Balaban J connectivity index is 1.52. The van der Waals surface area contributed by atoms with Crippen LogP contribution >= 0.6 is 22.9 Å². The molecule has 3 heterocycles. The van der Waals surface area contributed by atoms with Crippen molar-refractivity contribution in [2.75, 3.05) is 14.2 Å². The minimum atomic E-state index is 0.533. The summed E-state index contributed by atoms with van der Waals surface area (Å²) in [7, 11) is 3.34. The molecular formula is C28H26ClN3O2S. The molecule has 0 aliphatic heterocycles. The van der Waals surface area contributed by atoms with E-state index in [2.05, 4.69) is 58.6 Å². The number of rotatable bonds is 8. The fourth-order valence-electron chi connectivity index (χ4n) is 4.30. The first-order valence-electron chi connectivity index (χ1n) is 11.3. The Bertz CT molecular complexity index is 1490. The Hall–Kier alpha value is -3.19. The van der Waals surface area contributed by atoms with Gasteiger partial charge in [-0.25, -0.2) is 9.97 Å². The van der Waals surface area contributed by atoms with Gasteiger partial charge in [0.25, 0.3) is 0 Å². The van der Waals surface area contributed by atoms with Gasteiger partial charge in [0.05, 0.1) is 25.3 Å². The summed E-state index contributed by atoms with van der Waals surface area (Å²) in [4.78, 5) is 13.0. The van der Waals surface area contributed by atoms with E-state index in [1.807, 2.05) is 24.3 Å². The van der Waals surface area contributed by atoms with E-state index in [4.69, 9.17) is 26.1 Å². The number of benzene rings is 2. The van der Waals surface area contributed by atoms with E-state index < -0.39 is 0 Å². The molecule has 0 saturated heterocycles. The highest BCUT2D eigenvalue weighted by atomic mass is 35.5. The molecule has 0 N–H and O–H groups in total. The number of aryl methyl sites for hydroxylation is 1. The van der Waals surface area contributed by atoms with Crippen molar-refractivity contribution in [3.8, 4) is 11.6 Å². The predicted octanol–water partition coefficient (Wildman–Crippen LogP) is 7.03. The highest BCUT2D eigenvalue weighted by molar-refractivity contribution is 7.09. The number of hydrogen-bond donors (Lipinski definition) is 0. The van der Waals surface area contributed by atoms with E-state index in [-0.39, 0.29) is 0 Å².